The van der Waals surface area contributed by atoms with Crippen LogP contribution in [-0.2, 0) is 14.3 Å². The molecule has 1 saturated heterocycles. The Bertz CT molecular complexity index is 259. The van der Waals surface area contributed by atoms with Crippen LogP contribution in [0.4, 0.5) is 0 Å². The predicted molar refractivity (Wildman–Crippen MR) is 53.6 cm³/mol. The minimum atomic E-state index is -1.76. The van der Waals surface area contributed by atoms with Crippen molar-refractivity contribution < 1.29 is 24.5 Å². The number of aliphatic hydroxyl groups excluding tert-OH is 2. The van der Waals surface area contributed by atoms with Gasteiger partial charge < -0.3 is 20.3 Å². The zero-order chi connectivity index (χ0) is 11.4. The Labute approximate surface area is 92.0 Å². The average Bonchev–Trinajstić information content (AvgIpc) is 2.46. The summed E-state index contributed by atoms with van der Waals surface area (Å²) in [5.74, 6) is -1.20. The van der Waals surface area contributed by atoms with Crippen molar-refractivity contribution in [3.63, 3.8) is 0 Å². The quantitative estimate of drug-likeness (QED) is 0.186. The molecule has 1 aliphatic heterocycles. The smallest absolute Gasteiger partial charge is 0.343 e. The number of ether oxygens (including phenoxy) is 1. The van der Waals surface area contributed by atoms with E-state index >= 15 is 0 Å². The third kappa shape index (κ3) is 2.91. The number of Topliss-reactive ketones (excluding diaryl/α,β-unsaturated/α-hetero) is 1. The molecule has 3 unspecified atom stereocenters. The number of ketones is 1. The van der Waals surface area contributed by atoms with Crippen molar-refractivity contribution in [2.24, 2.45) is 0 Å². The van der Waals surface area contributed by atoms with Crippen molar-refractivity contribution in [3.05, 3.63) is 0 Å². The van der Waals surface area contributed by atoms with Gasteiger partial charge >= 0.3 is 5.97 Å². The van der Waals surface area contributed by atoms with Crippen LogP contribution in [0.2, 0.25) is 0 Å². The van der Waals surface area contributed by atoms with E-state index in [4.69, 9.17) is 5.11 Å². The predicted octanol–water partition coefficient (Wildman–Crippen LogP) is -2.28. The van der Waals surface area contributed by atoms with Gasteiger partial charge in [0, 0.05) is 18.8 Å². The number of carbonyl (C=O) groups excluding carboxylic acids is 2. The van der Waals surface area contributed by atoms with Gasteiger partial charge in [-0.15, -0.1) is 0 Å². The minimum absolute atomic E-state index is 0.108. The van der Waals surface area contributed by atoms with E-state index in [1.54, 1.807) is 0 Å². The molecule has 0 aromatic heterocycles. The highest BCUT2D eigenvalue weighted by molar-refractivity contribution is 7.80. The van der Waals surface area contributed by atoms with Crippen LogP contribution < -0.4 is 5.32 Å². The molecule has 0 aromatic rings. The number of cyclic esters (lactones) is 1. The highest BCUT2D eigenvalue weighted by atomic mass is 32.1. The van der Waals surface area contributed by atoms with E-state index < -0.39 is 30.1 Å². The summed E-state index contributed by atoms with van der Waals surface area (Å²) >= 11 is 3.94. The van der Waals surface area contributed by atoms with Crippen molar-refractivity contribution in [2.45, 2.75) is 18.3 Å². The first-order valence-corrected chi connectivity index (χ1v) is 5.13. The lowest BCUT2D eigenvalue weighted by molar-refractivity contribution is -0.150. The van der Waals surface area contributed by atoms with E-state index in [-0.39, 0.29) is 6.54 Å². The molecule has 86 valence electrons. The fourth-order valence-corrected chi connectivity index (χ4v) is 1.38. The largest absolute Gasteiger partial charge is 0.449 e. The van der Waals surface area contributed by atoms with E-state index in [1.807, 2.05) is 0 Å². The number of carbonyl (C=O) groups is 2. The minimum Gasteiger partial charge on any atom is -0.449 e. The average molecular weight is 235 g/mol. The molecule has 0 amide bonds. The van der Waals surface area contributed by atoms with Crippen LogP contribution >= 0.6 is 12.6 Å². The lowest BCUT2D eigenvalue weighted by Gasteiger charge is -2.15. The van der Waals surface area contributed by atoms with Gasteiger partial charge in [-0.25, -0.2) is 4.79 Å². The maximum absolute atomic E-state index is 11.2. The van der Waals surface area contributed by atoms with E-state index in [2.05, 4.69) is 22.7 Å². The van der Waals surface area contributed by atoms with E-state index in [0.29, 0.717) is 12.3 Å². The SMILES string of the molecule is O=C1OC(C(O)CNCCS)C(=O)C1O. The van der Waals surface area contributed by atoms with Gasteiger partial charge in [0.1, 0.15) is 6.10 Å². The van der Waals surface area contributed by atoms with Crippen molar-refractivity contribution in [2.75, 3.05) is 18.8 Å². The van der Waals surface area contributed by atoms with Gasteiger partial charge in [0.2, 0.25) is 11.9 Å². The van der Waals surface area contributed by atoms with Crippen LogP contribution in [0.25, 0.3) is 0 Å². The molecule has 1 rings (SSSR count). The van der Waals surface area contributed by atoms with Crippen LogP contribution in [0.15, 0.2) is 0 Å². The molecule has 15 heavy (non-hydrogen) atoms. The summed E-state index contributed by atoms with van der Waals surface area (Å²) in [6.45, 7) is 0.675. The van der Waals surface area contributed by atoms with Crippen molar-refractivity contribution in [1.82, 2.24) is 5.32 Å². The second-order valence-electron chi connectivity index (χ2n) is 3.16. The number of aliphatic hydroxyl groups is 2. The summed E-state index contributed by atoms with van der Waals surface area (Å²) in [5.41, 5.74) is 0. The van der Waals surface area contributed by atoms with Crippen molar-refractivity contribution >= 4 is 24.4 Å². The summed E-state index contributed by atoms with van der Waals surface area (Å²) < 4.78 is 4.53. The monoisotopic (exact) mass is 235 g/mol. The normalized spacial score (nSPS) is 27.9. The summed E-state index contributed by atoms with van der Waals surface area (Å²) in [4.78, 5) is 22.0. The summed E-state index contributed by atoms with van der Waals surface area (Å²) in [6.07, 6.45) is -4.16. The fraction of sp³-hybridized carbons (Fsp3) is 0.750. The molecule has 1 fully saturated rings. The van der Waals surface area contributed by atoms with Gasteiger partial charge in [0.25, 0.3) is 0 Å². The van der Waals surface area contributed by atoms with Crippen LogP contribution in [-0.4, -0.2) is 59.1 Å². The number of hydrogen-bond acceptors (Lipinski definition) is 7. The molecule has 3 atom stereocenters. The number of esters is 1. The molecule has 0 saturated carbocycles. The molecule has 0 spiro atoms. The molecular formula is C8H13NO5S. The Balaban J connectivity index is 2.43. The summed E-state index contributed by atoms with van der Waals surface area (Å²) in [5, 5.41) is 21.3. The second kappa shape index (κ2) is 5.45. The van der Waals surface area contributed by atoms with Gasteiger partial charge in [-0.05, 0) is 0 Å². The van der Waals surface area contributed by atoms with Gasteiger partial charge in [-0.3, -0.25) is 4.79 Å². The van der Waals surface area contributed by atoms with Crippen LogP contribution in [0.5, 0.6) is 0 Å². The molecule has 0 radical (unpaired) electrons. The van der Waals surface area contributed by atoms with Gasteiger partial charge in [-0.2, -0.15) is 12.6 Å². The van der Waals surface area contributed by atoms with E-state index in [0.717, 1.165) is 0 Å². The molecule has 0 aliphatic carbocycles. The first-order chi connectivity index (χ1) is 7.07. The highest BCUT2D eigenvalue weighted by Gasteiger charge is 2.45. The summed E-state index contributed by atoms with van der Waals surface area (Å²) in [7, 11) is 0. The van der Waals surface area contributed by atoms with Crippen molar-refractivity contribution in [3.8, 4) is 0 Å². The molecule has 6 nitrogen and oxygen atoms in total. The van der Waals surface area contributed by atoms with Crippen LogP contribution in [0, 0.1) is 0 Å². The number of thiol groups is 1. The first kappa shape index (κ1) is 12.4. The fourth-order valence-electron chi connectivity index (χ4n) is 1.22. The van der Waals surface area contributed by atoms with Crippen LogP contribution in [0.1, 0.15) is 0 Å². The number of hydrogen-bond donors (Lipinski definition) is 4. The van der Waals surface area contributed by atoms with Gasteiger partial charge in [-0.1, -0.05) is 0 Å². The lowest BCUT2D eigenvalue weighted by Crippen LogP contribution is -2.41. The molecule has 0 aromatic carbocycles. The first-order valence-electron chi connectivity index (χ1n) is 4.50. The Hall–Kier alpha value is -0.630. The lowest BCUT2D eigenvalue weighted by atomic mass is 10.1. The molecule has 0 bridgehead atoms. The third-order valence-electron chi connectivity index (χ3n) is 2.01. The molecule has 3 N–H and O–H groups in total. The molecule has 1 heterocycles. The third-order valence-corrected chi connectivity index (χ3v) is 2.23. The van der Waals surface area contributed by atoms with Crippen LogP contribution in [0.3, 0.4) is 0 Å². The Morgan fingerprint density at radius 1 is 1.53 bits per heavy atom. The Kier molecular flexibility index (Phi) is 4.52. The topological polar surface area (TPSA) is 95.9 Å². The molecule has 7 heteroatoms. The number of nitrogens with one attached hydrogen (secondary N) is 1. The molecular weight excluding hydrogens is 222 g/mol. The Morgan fingerprint density at radius 3 is 2.67 bits per heavy atom. The molecule has 1 aliphatic rings. The maximum Gasteiger partial charge on any atom is 0.343 e. The van der Waals surface area contributed by atoms with Gasteiger partial charge in [0.05, 0.1) is 0 Å². The Morgan fingerprint density at radius 2 is 2.20 bits per heavy atom. The second-order valence-corrected chi connectivity index (χ2v) is 3.60. The maximum atomic E-state index is 11.2. The summed E-state index contributed by atoms with van der Waals surface area (Å²) in [6, 6.07) is 0. The zero-order valence-electron chi connectivity index (χ0n) is 7.92. The van der Waals surface area contributed by atoms with E-state index in [1.165, 1.54) is 0 Å². The van der Waals surface area contributed by atoms with Gasteiger partial charge in [0.15, 0.2) is 6.10 Å². The van der Waals surface area contributed by atoms with E-state index in [9.17, 15) is 14.7 Å². The zero-order valence-corrected chi connectivity index (χ0v) is 8.81. The highest BCUT2D eigenvalue weighted by Crippen LogP contribution is 2.14. The standard InChI is InChI=1S/C8H13NO5S/c10-4(3-9-1-2-15)7-5(11)6(12)8(13)14-7/h4,6-7,9-10,12,15H,1-3H2. The number of rotatable bonds is 5. The van der Waals surface area contributed by atoms with Crippen molar-refractivity contribution in [1.29, 1.82) is 0 Å².